The van der Waals surface area contributed by atoms with Crippen LogP contribution in [0.4, 0.5) is 0 Å². The van der Waals surface area contributed by atoms with Gasteiger partial charge in [-0.05, 0) is 12.1 Å². The summed E-state index contributed by atoms with van der Waals surface area (Å²) in [5.41, 5.74) is 0.908. The van der Waals surface area contributed by atoms with Crippen LogP contribution in [0.25, 0.3) is 0 Å². The van der Waals surface area contributed by atoms with Crippen molar-refractivity contribution in [2.24, 2.45) is 0 Å². The van der Waals surface area contributed by atoms with Gasteiger partial charge in [0.2, 0.25) is 0 Å². The third-order valence-electron chi connectivity index (χ3n) is 1.60. The number of rotatable bonds is 5. The average Bonchev–Trinajstić information content (AvgIpc) is 2.13. The molecule has 5 nitrogen and oxygen atoms in total. The first-order chi connectivity index (χ1) is 6.58. The molecule has 0 bridgehead atoms. The lowest BCUT2D eigenvalue weighted by atomic mass is 10.3. The van der Waals surface area contributed by atoms with Gasteiger partial charge in [-0.15, -0.1) is 0 Å². The van der Waals surface area contributed by atoms with Gasteiger partial charge in [0, 0.05) is 24.9 Å². The third kappa shape index (κ3) is 5.09. The fourth-order valence-corrected chi connectivity index (χ4v) is 1.44. The van der Waals surface area contributed by atoms with Gasteiger partial charge in [0.1, 0.15) is 0 Å². The SMILES string of the molecule is O=P(O)(O)CNCCc1ccccn1. The van der Waals surface area contributed by atoms with E-state index in [2.05, 4.69) is 10.3 Å². The Morgan fingerprint density at radius 2 is 2.21 bits per heavy atom. The minimum absolute atomic E-state index is 0.278. The van der Waals surface area contributed by atoms with Crippen molar-refractivity contribution in [1.82, 2.24) is 10.3 Å². The zero-order valence-corrected chi connectivity index (χ0v) is 8.52. The summed E-state index contributed by atoms with van der Waals surface area (Å²) in [6.45, 7) is 0.516. The lowest BCUT2D eigenvalue weighted by Crippen LogP contribution is -2.18. The Labute approximate surface area is 82.3 Å². The standard InChI is InChI=1S/C8H13N2O3P/c11-14(12,13)7-9-6-4-8-3-1-2-5-10-8/h1-3,5,9H,4,6-7H2,(H2,11,12,13). The van der Waals surface area contributed by atoms with Crippen molar-refractivity contribution in [3.8, 4) is 0 Å². The molecule has 0 radical (unpaired) electrons. The molecule has 0 saturated carbocycles. The first-order valence-electron chi connectivity index (χ1n) is 4.23. The molecule has 0 fully saturated rings. The molecular weight excluding hydrogens is 203 g/mol. The fourth-order valence-electron chi connectivity index (χ4n) is 0.987. The first-order valence-corrected chi connectivity index (χ1v) is 6.03. The van der Waals surface area contributed by atoms with Crippen molar-refractivity contribution in [1.29, 1.82) is 0 Å². The van der Waals surface area contributed by atoms with Crippen LogP contribution in [0.1, 0.15) is 5.69 Å². The molecule has 0 saturated heterocycles. The zero-order valence-electron chi connectivity index (χ0n) is 7.63. The van der Waals surface area contributed by atoms with Crippen LogP contribution in [0.15, 0.2) is 24.4 Å². The molecule has 1 aromatic rings. The molecule has 1 aromatic heterocycles. The van der Waals surface area contributed by atoms with Crippen molar-refractivity contribution >= 4 is 7.60 Å². The number of aromatic nitrogens is 1. The summed E-state index contributed by atoms with van der Waals surface area (Å²) in [7, 11) is -3.92. The maximum Gasteiger partial charge on any atom is 0.339 e. The largest absolute Gasteiger partial charge is 0.339 e. The molecule has 3 N–H and O–H groups in total. The quantitative estimate of drug-likeness (QED) is 0.488. The molecule has 0 aromatic carbocycles. The van der Waals surface area contributed by atoms with E-state index in [1.165, 1.54) is 0 Å². The van der Waals surface area contributed by atoms with Crippen LogP contribution in [0, 0.1) is 0 Å². The van der Waals surface area contributed by atoms with E-state index in [0.717, 1.165) is 5.69 Å². The highest BCUT2D eigenvalue weighted by molar-refractivity contribution is 7.51. The Bertz CT molecular complexity index is 312. The van der Waals surface area contributed by atoms with Crippen LogP contribution in [-0.4, -0.2) is 27.6 Å². The minimum Gasteiger partial charge on any atom is -0.324 e. The first kappa shape index (κ1) is 11.3. The van der Waals surface area contributed by atoms with Gasteiger partial charge in [-0.3, -0.25) is 9.55 Å². The van der Waals surface area contributed by atoms with Crippen molar-refractivity contribution < 1.29 is 14.4 Å². The molecule has 0 aliphatic rings. The molecule has 0 unspecified atom stereocenters. The molecule has 14 heavy (non-hydrogen) atoms. The Morgan fingerprint density at radius 3 is 2.79 bits per heavy atom. The van der Waals surface area contributed by atoms with Gasteiger partial charge in [-0.2, -0.15) is 0 Å². The predicted octanol–water partition coefficient (Wildman–Crippen LogP) is 0.349. The maximum absolute atomic E-state index is 10.5. The van der Waals surface area contributed by atoms with E-state index < -0.39 is 7.60 Å². The number of nitrogens with zero attached hydrogens (tertiary/aromatic N) is 1. The van der Waals surface area contributed by atoms with Gasteiger partial charge in [-0.1, -0.05) is 6.07 Å². The normalized spacial score (nSPS) is 11.6. The second-order valence-electron chi connectivity index (χ2n) is 2.89. The van der Waals surface area contributed by atoms with E-state index in [0.29, 0.717) is 13.0 Å². The highest BCUT2D eigenvalue weighted by atomic mass is 31.2. The van der Waals surface area contributed by atoms with Gasteiger partial charge >= 0.3 is 7.60 Å². The lowest BCUT2D eigenvalue weighted by molar-refractivity contribution is 0.368. The summed E-state index contributed by atoms with van der Waals surface area (Å²) < 4.78 is 10.5. The van der Waals surface area contributed by atoms with Crippen molar-refractivity contribution in [3.63, 3.8) is 0 Å². The Balaban J connectivity index is 2.20. The molecule has 0 spiro atoms. The van der Waals surface area contributed by atoms with Crippen molar-refractivity contribution in [3.05, 3.63) is 30.1 Å². The summed E-state index contributed by atoms with van der Waals surface area (Å²) >= 11 is 0. The van der Waals surface area contributed by atoms with Crippen LogP contribution in [-0.2, 0) is 11.0 Å². The van der Waals surface area contributed by atoms with E-state index in [9.17, 15) is 4.57 Å². The predicted molar refractivity (Wildman–Crippen MR) is 52.9 cm³/mol. The smallest absolute Gasteiger partial charge is 0.324 e. The fraction of sp³-hybridized carbons (Fsp3) is 0.375. The average molecular weight is 216 g/mol. The number of nitrogens with one attached hydrogen (secondary N) is 1. The summed E-state index contributed by atoms with van der Waals surface area (Å²) in [5.74, 6) is 0. The van der Waals surface area contributed by atoms with Crippen molar-refractivity contribution in [2.45, 2.75) is 6.42 Å². The topological polar surface area (TPSA) is 82.5 Å². The monoisotopic (exact) mass is 216 g/mol. The van der Waals surface area contributed by atoms with Gasteiger partial charge < -0.3 is 15.1 Å². The number of hydrogen-bond donors (Lipinski definition) is 3. The Hall–Kier alpha value is -0.740. The van der Waals surface area contributed by atoms with Gasteiger partial charge in [0.15, 0.2) is 0 Å². The summed E-state index contributed by atoms with van der Waals surface area (Å²) in [4.78, 5) is 21.2. The van der Waals surface area contributed by atoms with Crippen molar-refractivity contribution in [2.75, 3.05) is 12.8 Å². The highest BCUT2D eigenvalue weighted by Crippen LogP contribution is 2.31. The lowest BCUT2D eigenvalue weighted by Gasteiger charge is -2.05. The van der Waals surface area contributed by atoms with Gasteiger partial charge in [0.25, 0.3) is 0 Å². The van der Waals surface area contributed by atoms with E-state index in [4.69, 9.17) is 9.79 Å². The summed E-state index contributed by atoms with van der Waals surface area (Å²) in [6, 6.07) is 5.58. The maximum atomic E-state index is 10.5. The van der Waals surface area contributed by atoms with Crippen LogP contribution in [0.3, 0.4) is 0 Å². The van der Waals surface area contributed by atoms with E-state index in [1.54, 1.807) is 6.20 Å². The Morgan fingerprint density at radius 1 is 1.43 bits per heavy atom. The molecular formula is C8H13N2O3P. The highest BCUT2D eigenvalue weighted by Gasteiger charge is 2.10. The molecule has 0 amide bonds. The summed E-state index contributed by atoms with van der Waals surface area (Å²) in [5, 5.41) is 2.67. The minimum atomic E-state index is -3.92. The van der Waals surface area contributed by atoms with Crippen LogP contribution in [0.5, 0.6) is 0 Å². The molecule has 0 atom stereocenters. The van der Waals surface area contributed by atoms with Gasteiger partial charge in [-0.25, -0.2) is 0 Å². The summed E-state index contributed by atoms with van der Waals surface area (Å²) in [6.07, 6.45) is 2.08. The van der Waals surface area contributed by atoms with Crippen LogP contribution < -0.4 is 5.32 Å². The third-order valence-corrected chi connectivity index (χ3v) is 2.24. The molecule has 0 aliphatic heterocycles. The van der Waals surface area contributed by atoms with E-state index in [-0.39, 0.29) is 6.29 Å². The second kappa shape index (κ2) is 5.22. The number of pyridine rings is 1. The van der Waals surface area contributed by atoms with E-state index in [1.807, 2.05) is 18.2 Å². The second-order valence-corrected chi connectivity index (χ2v) is 4.54. The molecule has 78 valence electrons. The molecule has 1 rings (SSSR count). The molecule has 1 heterocycles. The molecule has 6 heteroatoms. The Kier molecular flexibility index (Phi) is 4.22. The molecule has 0 aliphatic carbocycles. The van der Waals surface area contributed by atoms with E-state index >= 15 is 0 Å². The van der Waals surface area contributed by atoms with Gasteiger partial charge in [0.05, 0.1) is 6.29 Å². The zero-order chi connectivity index (χ0) is 10.4. The van der Waals surface area contributed by atoms with Crippen LogP contribution in [0.2, 0.25) is 0 Å². The van der Waals surface area contributed by atoms with Crippen LogP contribution >= 0.6 is 7.60 Å². The number of hydrogen-bond acceptors (Lipinski definition) is 3.